The zero-order chi connectivity index (χ0) is 12.1. The molecule has 0 saturated carbocycles. The Bertz CT molecular complexity index is 450. The first kappa shape index (κ1) is 11.9. The lowest BCUT2D eigenvalue weighted by Crippen LogP contribution is -2.25. The number of amides is 1. The van der Waals surface area contributed by atoms with Gasteiger partial charge in [-0.15, -0.1) is 0 Å². The number of hydrogen-bond acceptors (Lipinski definition) is 4. The Morgan fingerprint density at radius 2 is 2.41 bits per heavy atom. The Labute approximate surface area is 103 Å². The molecule has 2 rings (SSSR count). The van der Waals surface area contributed by atoms with Crippen molar-refractivity contribution in [3.8, 4) is 0 Å². The standard InChI is InChI=1S/C12H13NO3S/c14-10(9-4-7-17-8-9)3-5-13-12(15)11-2-1-6-16-11/h1-2,4,6-8,10,14H,3,5H2,(H,13,15). The maximum atomic E-state index is 11.5. The van der Waals surface area contributed by atoms with Gasteiger partial charge in [0.25, 0.3) is 5.91 Å². The van der Waals surface area contributed by atoms with Crippen molar-refractivity contribution in [2.45, 2.75) is 12.5 Å². The number of hydrogen-bond donors (Lipinski definition) is 2. The maximum absolute atomic E-state index is 11.5. The number of furan rings is 1. The van der Waals surface area contributed by atoms with E-state index in [-0.39, 0.29) is 11.7 Å². The van der Waals surface area contributed by atoms with Gasteiger partial charge in [-0.3, -0.25) is 4.79 Å². The molecule has 0 spiro atoms. The van der Waals surface area contributed by atoms with Crippen LogP contribution in [0.2, 0.25) is 0 Å². The number of aliphatic hydroxyl groups is 1. The minimum atomic E-state index is -0.529. The lowest BCUT2D eigenvalue weighted by molar-refractivity contribution is 0.0915. The molecule has 0 aliphatic heterocycles. The summed E-state index contributed by atoms with van der Waals surface area (Å²) in [6.07, 6.45) is 1.41. The summed E-state index contributed by atoms with van der Waals surface area (Å²) in [6, 6.07) is 5.14. The van der Waals surface area contributed by atoms with Gasteiger partial charge in [-0.25, -0.2) is 0 Å². The van der Waals surface area contributed by atoms with Gasteiger partial charge < -0.3 is 14.8 Å². The van der Waals surface area contributed by atoms with Crippen molar-refractivity contribution in [1.29, 1.82) is 0 Å². The molecule has 5 heteroatoms. The van der Waals surface area contributed by atoms with E-state index < -0.39 is 6.10 Å². The third kappa shape index (κ3) is 3.18. The van der Waals surface area contributed by atoms with Crippen LogP contribution in [0.15, 0.2) is 39.6 Å². The number of carbonyl (C=O) groups excluding carboxylic acids is 1. The molecule has 0 fully saturated rings. The Kier molecular flexibility index (Phi) is 3.95. The molecule has 2 aromatic rings. The van der Waals surface area contributed by atoms with Gasteiger partial charge in [0.05, 0.1) is 12.4 Å². The highest BCUT2D eigenvalue weighted by Crippen LogP contribution is 2.18. The average Bonchev–Trinajstić information content (AvgIpc) is 3.02. The molecule has 0 aliphatic carbocycles. The van der Waals surface area contributed by atoms with Crippen molar-refractivity contribution in [1.82, 2.24) is 5.32 Å². The molecular formula is C12H13NO3S. The van der Waals surface area contributed by atoms with Gasteiger partial charge in [0, 0.05) is 6.54 Å². The van der Waals surface area contributed by atoms with Crippen molar-refractivity contribution in [3.05, 3.63) is 46.5 Å². The van der Waals surface area contributed by atoms with Gasteiger partial charge in [0.2, 0.25) is 0 Å². The second-order valence-electron chi connectivity index (χ2n) is 3.59. The van der Waals surface area contributed by atoms with E-state index in [2.05, 4.69) is 5.32 Å². The van der Waals surface area contributed by atoms with E-state index in [4.69, 9.17) is 4.42 Å². The van der Waals surface area contributed by atoms with E-state index in [0.717, 1.165) is 5.56 Å². The molecule has 0 bridgehead atoms. The van der Waals surface area contributed by atoms with Gasteiger partial charge in [0.15, 0.2) is 5.76 Å². The lowest BCUT2D eigenvalue weighted by Gasteiger charge is -2.08. The van der Waals surface area contributed by atoms with Crippen LogP contribution in [-0.4, -0.2) is 17.6 Å². The van der Waals surface area contributed by atoms with Crippen LogP contribution in [-0.2, 0) is 0 Å². The highest BCUT2D eigenvalue weighted by molar-refractivity contribution is 7.07. The minimum Gasteiger partial charge on any atom is -0.459 e. The third-order valence-corrected chi connectivity index (χ3v) is 3.08. The van der Waals surface area contributed by atoms with Crippen molar-refractivity contribution in [2.75, 3.05) is 6.54 Å². The predicted octanol–water partition coefficient (Wildman–Crippen LogP) is 2.19. The van der Waals surface area contributed by atoms with Crippen LogP contribution in [0.5, 0.6) is 0 Å². The smallest absolute Gasteiger partial charge is 0.286 e. The molecule has 4 nitrogen and oxygen atoms in total. The summed E-state index contributed by atoms with van der Waals surface area (Å²) in [7, 11) is 0. The van der Waals surface area contributed by atoms with Crippen molar-refractivity contribution >= 4 is 17.2 Å². The summed E-state index contributed by atoms with van der Waals surface area (Å²) < 4.78 is 4.95. The van der Waals surface area contributed by atoms with E-state index in [0.29, 0.717) is 13.0 Å². The second-order valence-corrected chi connectivity index (χ2v) is 4.37. The first-order valence-corrected chi connectivity index (χ1v) is 6.23. The highest BCUT2D eigenvalue weighted by Gasteiger charge is 2.10. The molecule has 0 aliphatic rings. The molecule has 1 unspecified atom stereocenters. The number of carbonyl (C=O) groups is 1. The largest absolute Gasteiger partial charge is 0.459 e. The first-order chi connectivity index (χ1) is 8.27. The minimum absolute atomic E-state index is 0.257. The van der Waals surface area contributed by atoms with E-state index in [1.54, 1.807) is 23.5 Å². The van der Waals surface area contributed by atoms with E-state index in [9.17, 15) is 9.90 Å². The fraction of sp³-hybridized carbons (Fsp3) is 0.250. The quantitative estimate of drug-likeness (QED) is 0.856. The van der Waals surface area contributed by atoms with Crippen LogP contribution in [0.4, 0.5) is 0 Å². The van der Waals surface area contributed by atoms with E-state index >= 15 is 0 Å². The fourth-order valence-electron chi connectivity index (χ4n) is 1.45. The molecule has 2 aromatic heterocycles. The Hall–Kier alpha value is -1.59. The Balaban J connectivity index is 1.75. The number of rotatable bonds is 5. The summed E-state index contributed by atoms with van der Waals surface area (Å²) >= 11 is 1.54. The van der Waals surface area contributed by atoms with Gasteiger partial charge in [-0.2, -0.15) is 11.3 Å². The highest BCUT2D eigenvalue weighted by atomic mass is 32.1. The zero-order valence-electron chi connectivity index (χ0n) is 9.13. The predicted molar refractivity (Wildman–Crippen MR) is 64.9 cm³/mol. The summed E-state index contributed by atoms with van der Waals surface area (Å²) in [5, 5.41) is 16.3. The maximum Gasteiger partial charge on any atom is 0.286 e. The molecule has 17 heavy (non-hydrogen) atoms. The van der Waals surface area contributed by atoms with Gasteiger partial charge in [-0.1, -0.05) is 0 Å². The monoisotopic (exact) mass is 251 g/mol. The number of thiophene rings is 1. The molecular weight excluding hydrogens is 238 g/mol. The van der Waals surface area contributed by atoms with E-state index in [1.807, 2.05) is 16.8 Å². The normalized spacial score (nSPS) is 12.3. The van der Waals surface area contributed by atoms with Crippen molar-refractivity contribution < 1.29 is 14.3 Å². The van der Waals surface area contributed by atoms with Crippen LogP contribution in [0.3, 0.4) is 0 Å². The SMILES string of the molecule is O=C(NCCC(O)c1ccsc1)c1ccco1. The van der Waals surface area contributed by atoms with Gasteiger partial charge >= 0.3 is 0 Å². The molecule has 0 aromatic carbocycles. The van der Waals surface area contributed by atoms with Crippen LogP contribution in [0.25, 0.3) is 0 Å². The van der Waals surface area contributed by atoms with Crippen molar-refractivity contribution in [3.63, 3.8) is 0 Å². The molecule has 1 amide bonds. The Morgan fingerprint density at radius 1 is 1.53 bits per heavy atom. The fourth-order valence-corrected chi connectivity index (χ4v) is 2.16. The van der Waals surface area contributed by atoms with Gasteiger partial charge in [0.1, 0.15) is 0 Å². The van der Waals surface area contributed by atoms with Crippen LogP contribution in [0.1, 0.15) is 28.6 Å². The number of aliphatic hydroxyl groups excluding tert-OH is 1. The van der Waals surface area contributed by atoms with E-state index in [1.165, 1.54) is 6.26 Å². The van der Waals surface area contributed by atoms with Crippen LogP contribution < -0.4 is 5.32 Å². The summed E-state index contributed by atoms with van der Waals surface area (Å²) in [4.78, 5) is 11.5. The van der Waals surface area contributed by atoms with Crippen molar-refractivity contribution in [2.24, 2.45) is 0 Å². The lowest BCUT2D eigenvalue weighted by atomic mass is 10.1. The van der Waals surface area contributed by atoms with Crippen LogP contribution in [0, 0.1) is 0 Å². The number of nitrogens with one attached hydrogen (secondary N) is 1. The summed E-state index contributed by atoms with van der Waals surface area (Å²) in [5.41, 5.74) is 0.891. The molecule has 1 atom stereocenters. The van der Waals surface area contributed by atoms with Gasteiger partial charge in [-0.05, 0) is 40.9 Å². The van der Waals surface area contributed by atoms with Crippen LogP contribution >= 0.6 is 11.3 Å². The molecule has 90 valence electrons. The molecule has 2 heterocycles. The Morgan fingerprint density at radius 3 is 3.06 bits per heavy atom. The molecule has 0 saturated heterocycles. The molecule has 0 radical (unpaired) electrons. The summed E-state index contributed by atoms with van der Waals surface area (Å²) in [5.74, 6) is 0.0301. The topological polar surface area (TPSA) is 62.5 Å². The third-order valence-electron chi connectivity index (χ3n) is 2.38. The zero-order valence-corrected chi connectivity index (χ0v) is 9.94. The first-order valence-electron chi connectivity index (χ1n) is 5.29. The average molecular weight is 251 g/mol. The summed E-state index contributed by atoms with van der Waals surface area (Å²) in [6.45, 7) is 0.413. The second kappa shape index (κ2) is 5.65. The molecule has 2 N–H and O–H groups in total.